The lowest BCUT2D eigenvalue weighted by Gasteiger charge is -2.00. The first-order chi connectivity index (χ1) is 6.83. The fraction of sp³-hybridized carbons (Fsp3) is 0.100. The summed E-state index contributed by atoms with van der Waals surface area (Å²) in [6, 6.07) is 9.63. The van der Waals surface area contributed by atoms with Gasteiger partial charge in [-0.15, -0.1) is 0 Å². The average molecular weight is 189 g/mol. The van der Waals surface area contributed by atoms with E-state index in [0.29, 0.717) is 11.5 Å². The van der Waals surface area contributed by atoms with E-state index in [1.165, 1.54) is 0 Å². The first-order valence-electron chi connectivity index (χ1n) is 4.32. The number of nitrogens with two attached hydrogens (primary N) is 1. The molecule has 0 atom stereocenters. The molecule has 0 amide bonds. The predicted octanol–water partition coefficient (Wildman–Crippen LogP) is 1.15. The summed E-state index contributed by atoms with van der Waals surface area (Å²) in [5.74, 6) is 0.417. The highest BCUT2D eigenvalue weighted by atomic mass is 16.3. The lowest BCUT2D eigenvalue weighted by Crippen LogP contribution is -1.90. The molecule has 0 aliphatic heterocycles. The molecular formula is C10H11N3O. The zero-order valence-electron chi connectivity index (χ0n) is 7.57. The van der Waals surface area contributed by atoms with E-state index in [1.807, 2.05) is 30.3 Å². The van der Waals surface area contributed by atoms with Crippen molar-refractivity contribution < 1.29 is 5.11 Å². The first kappa shape index (κ1) is 8.77. The molecule has 1 aromatic heterocycles. The molecule has 2 rings (SSSR count). The van der Waals surface area contributed by atoms with E-state index in [2.05, 4.69) is 10.2 Å². The third kappa shape index (κ3) is 1.36. The Bertz CT molecular complexity index is 422. The molecule has 72 valence electrons. The molecule has 1 aromatic carbocycles. The molecule has 0 aliphatic carbocycles. The van der Waals surface area contributed by atoms with Crippen LogP contribution in [0.4, 0.5) is 5.82 Å². The summed E-state index contributed by atoms with van der Waals surface area (Å²) in [5.41, 5.74) is 8.09. The number of rotatable bonds is 2. The molecule has 1 heterocycles. The maximum Gasteiger partial charge on any atom is 0.153 e. The highest BCUT2D eigenvalue weighted by Gasteiger charge is 2.10. The molecule has 0 saturated carbocycles. The van der Waals surface area contributed by atoms with Crippen LogP contribution in [0.1, 0.15) is 5.69 Å². The van der Waals surface area contributed by atoms with E-state index in [9.17, 15) is 0 Å². The molecule has 0 saturated heterocycles. The largest absolute Gasteiger partial charge is 0.390 e. The number of anilines is 1. The number of hydrogen-bond acceptors (Lipinski definition) is 3. The van der Waals surface area contributed by atoms with Gasteiger partial charge in [-0.05, 0) is 5.56 Å². The molecule has 0 radical (unpaired) electrons. The van der Waals surface area contributed by atoms with Crippen molar-refractivity contribution in [1.29, 1.82) is 0 Å². The predicted molar refractivity (Wildman–Crippen MR) is 54.4 cm³/mol. The maximum absolute atomic E-state index is 9.07. The van der Waals surface area contributed by atoms with Gasteiger partial charge in [-0.2, -0.15) is 5.10 Å². The SMILES string of the molecule is Nc1n[nH]c(CO)c1-c1ccccc1. The molecule has 2 aromatic rings. The molecule has 4 N–H and O–H groups in total. The van der Waals surface area contributed by atoms with Crippen molar-refractivity contribution in [1.82, 2.24) is 10.2 Å². The monoisotopic (exact) mass is 189 g/mol. The van der Waals surface area contributed by atoms with Crippen molar-refractivity contribution in [2.45, 2.75) is 6.61 Å². The van der Waals surface area contributed by atoms with Crippen molar-refractivity contribution >= 4 is 5.82 Å². The molecular weight excluding hydrogens is 178 g/mol. The van der Waals surface area contributed by atoms with Crippen LogP contribution in [0.2, 0.25) is 0 Å². The number of nitrogen functional groups attached to an aromatic ring is 1. The number of H-pyrrole nitrogens is 1. The van der Waals surface area contributed by atoms with E-state index in [0.717, 1.165) is 11.1 Å². The van der Waals surface area contributed by atoms with Gasteiger partial charge in [0.1, 0.15) is 0 Å². The maximum atomic E-state index is 9.07. The Kier molecular flexibility index (Phi) is 2.20. The van der Waals surface area contributed by atoms with Crippen LogP contribution in [0.15, 0.2) is 30.3 Å². The van der Waals surface area contributed by atoms with Crippen molar-refractivity contribution in [2.75, 3.05) is 5.73 Å². The minimum absolute atomic E-state index is 0.0889. The Hall–Kier alpha value is -1.81. The van der Waals surface area contributed by atoms with Gasteiger partial charge in [0, 0.05) is 5.56 Å². The van der Waals surface area contributed by atoms with Crippen LogP contribution in [-0.4, -0.2) is 15.3 Å². The van der Waals surface area contributed by atoms with Crippen LogP contribution in [0, 0.1) is 0 Å². The van der Waals surface area contributed by atoms with E-state index >= 15 is 0 Å². The number of nitrogens with one attached hydrogen (secondary N) is 1. The Balaban J connectivity index is 2.55. The van der Waals surface area contributed by atoms with Gasteiger partial charge in [0.15, 0.2) is 5.82 Å². The van der Waals surface area contributed by atoms with Crippen LogP contribution in [-0.2, 0) is 6.61 Å². The van der Waals surface area contributed by atoms with Crippen molar-refractivity contribution in [3.63, 3.8) is 0 Å². The number of benzene rings is 1. The number of nitrogens with zero attached hydrogens (tertiary/aromatic N) is 1. The standard InChI is InChI=1S/C10H11N3O/c11-10-9(8(6-14)12-13-10)7-4-2-1-3-5-7/h1-5,14H,6H2,(H3,11,12,13). The van der Waals surface area contributed by atoms with Crippen molar-refractivity contribution in [3.05, 3.63) is 36.0 Å². The molecule has 0 unspecified atom stereocenters. The number of aliphatic hydroxyl groups is 1. The van der Waals surface area contributed by atoms with Gasteiger partial charge in [0.2, 0.25) is 0 Å². The lowest BCUT2D eigenvalue weighted by molar-refractivity contribution is 0.277. The smallest absolute Gasteiger partial charge is 0.153 e. The second-order valence-corrected chi connectivity index (χ2v) is 2.99. The second kappa shape index (κ2) is 3.51. The normalized spacial score (nSPS) is 10.4. The Labute approximate surface area is 81.4 Å². The molecule has 0 fully saturated rings. The van der Waals surface area contributed by atoms with E-state index in [4.69, 9.17) is 10.8 Å². The highest BCUT2D eigenvalue weighted by molar-refractivity contribution is 5.75. The van der Waals surface area contributed by atoms with Gasteiger partial charge < -0.3 is 10.8 Å². The summed E-state index contributed by atoms with van der Waals surface area (Å²) in [4.78, 5) is 0. The van der Waals surface area contributed by atoms with Gasteiger partial charge in [-0.3, -0.25) is 5.10 Å². The van der Waals surface area contributed by atoms with Crippen molar-refractivity contribution in [2.24, 2.45) is 0 Å². The zero-order valence-corrected chi connectivity index (χ0v) is 7.57. The third-order valence-electron chi connectivity index (χ3n) is 2.09. The first-order valence-corrected chi connectivity index (χ1v) is 4.32. The minimum atomic E-state index is -0.0889. The van der Waals surface area contributed by atoms with Crippen LogP contribution >= 0.6 is 0 Å². The molecule has 4 heteroatoms. The molecule has 14 heavy (non-hydrogen) atoms. The van der Waals surface area contributed by atoms with Crippen LogP contribution in [0.5, 0.6) is 0 Å². The third-order valence-corrected chi connectivity index (χ3v) is 2.09. The van der Waals surface area contributed by atoms with E-state index < -0.39 is 0 Å². The second-order valence-electron chi connectivity index (χ2n) is 2.99. The summed E-state index contributed by atoms with van der Waals surface area (Å²) in [7, 11) is 0. The fourth-order valence-corrected chi connectivity index (χ4v) is 1.44. The van der Waals surface area contributed by atoms with Crippen LogP contribution in [0.3, 0.4) is 0 Å². The summed E-state index contributed by atoms with van der Waals surface area (Å²) >= 11 is 0. The van der Waals surface area contributed by atoms with Gasteiger partial charge in [0.05, 0.1) is 12.3 Å². The van der Waals surface area contributed by atoms with E-state index in [1.54, 1.807) is 0 Å². The van der Waals surface area contributed by atoms with Gasteiger partial charge in [0.25, 0.3) is 0 Å². The van der Waals surface area contributed by atoms with Gasteiger partial charge in [-0.25, -0.2) is 0 Å². The summed E-state index contributed by atoms with van der Waals surface area (Å²) in [5, 5.41) is 15.6. The van der Waals surface area contributed by atoms with Crippen molar-refractivity contribution in [3.8, 4) is 11.1 Å². The number of aromatic amines is 1. The minimum Gasteiger partial charge on any atom is -0.390 e. The lowest BCUT2D eigenvalue weighted by atomic mass is 10.1. The Morgan fingerprint density at radius 3 is 2.64 bits per heavy atom. The number of aliphatic hydroxyl groups excluding tert-OH is 1. The van der Waals surface area contributed by atoms with E-state index in [-0.39, 0.29) is 6.61 Å². The molecule has 0 bridgehead atoms. The summed E-state index contributed by atoms with van der Waals surface area (Å²) < 4.78 is 0. The Morgan fingerprint density at radius 2 is 2.00 bits per heavy atom. The summed E-state index contributed by atoms with van der Waals surface area (Å²) in [6.45, 7) is -0.0889. The zero-order chi connectivity index (χ0) is 9.97. The molecule has 4 nitrogen and oxygen atoms in total. The van der Waals surface area contributed by atoms with Gasteiger partial charge in [-0.1, -0.05) is 30.3 Å². The average Bonchev–Trinajstić information content (AvgIpc) is 2.61. The molecule has 0 spiro atoms. The fourth-order valence-electron chi connectivity index (χ4n) is 1.44. The number of aromatic nitrogens is 2. The number of hydrogen-bond donors (Lipinski definition) is 3. The topological polar surface area (TPSA) is 74.9 Å². The van der Waals surface area contributed by atoms with Crippen LogP contribution in [0.25, 0.3) is 11.1 Å². The molecule has 0 aliphatic rings. The highest BCUT2D eigenvalue weighted by Crippen LogP contribution is 2.27. The quantitative estimate of drug-likeness (QED) is 0.663. The van der Waals surface area contributed by atoms with Crippen LogP contribution < -0.4 is 5.73 Å². The Morgan fingerprint density at radius 1 is 1.29 bits per heavy atom. The summed E-state index contributed by atoms with van der Waals surface area (Å²) in [6.07, 6.45) is 0. The van der Waals surface area contributed by atoms with Gasteiger partial charge >= 0.3 is 0 Å².